The summed E-state index contributed by atoms with van der Waals surface area (Å²) in [6, 6.07) is 13.6. The van der Waals surface area contributed by atoms with Crippen molar-refractivity contribution in [3.05, 3.63) is 64.8 Å². The number of amides is 1. The van der Waals surface area contributed by atoms with Gasteiger partial charge in [-0.15, -0.1) is 0 Å². The van der Waals surface area contributed by atoms with Crippen molar-refractivity contribution < 1.29 is 4.79 Å². The first-order valence-corrected chi connectivity index (χ1v) is 8.11. The smallest absolute Gasteiger partial charge is 0.259 e. The van der Waals surface area contributed by atoms with Crippen molar-refractivity contribution in [2.45, 2.75) is 0 Å². The van der Waals surface area contributed by atoms with E-state index in [-0.39, 0.29) is 5.91 Å². The Balaban J connectivity index is 1.89. The quantitative estimate of drug-likeness (QED) is 0.536. The van der Waals surface area contributed by atoms with Gasteiger partial charge in [-0.3, -0.25) is 15.1 Å². The van der Waals surface area contributed by atoms with Gasteiger partial charge in [0.2, 0.25) is 0 Å². The molecule has 2 aromatic carbocycles. The maximum absolute atomic E-state index is 12.7. The average molecular weight is 340 g/mol. The number of pyridine rings is 1. The average Bonchev–Trinajstić information content (AvgIpc) is 2.99. The fourth-order valence-electron chi connectivity index (χ4n) is 2.58. The molecule has 0 spiro atoms. The van der Waals surface area contributed by atoms with Crippen molar-refractivity contribution in [2.24, 2.45) is 0 Å². The Morgan fingerprint density at radius 3 is 2.74 bits per heavy atom. The minimum absolute atomic E-state index is 0.245. The first-order valence-electron chi connectivity index (χ1n) is 6.91. The minimum Gasteiger partial charge on any atom is -0.298 e. The van der Waals surface area contributed by atoms with Crippen LogP contribution in [0.1, 0.15) is 10.4 Å². The van der Waals surface area contributed by atoms with Crippen LogP contribution in [0.3, 0.4) is 0 Å². The number of fused-ring (bicyclic) bond motifs is 3. The van der Waals surface area contributed by atoms with E-state index in [0.29, 0.717) is 20.5 Å². The van der Waals surface area contributed by atoms with Gasteiger partial charge in [-0.2, -0.15) is 0 Å². The minimum atomic E-state index is -0.245. The molecule has 1 N–H and O–H groups in total. The van der Waals surface area contributed by atoms with Gasteiger partial charge < -0.3 is 0 Å². The number of thiazole rings is 1. The molecule has 0 saturated heterocycles. The summed E-state index contributed by atoms with van der Waals surface area (Å²) in [6.07, 6.45) is 3.20. The van der Waals surface area contributed by atoms with Gasteiger partial charge in [0.05, 0.1) is 17.3 Å². The highest BCUT2D eigenvalue weighted by Gasteiger charge is 2.15. The summed E-state index contributed by atoms with van der Waals surface area (Å²) in [5, 5.41) is 6.27. The van der Waals surface area contributed by atoms with Crippen LogP contribution in [0.2, 0.25) is 4.34 Å². The molecule has 0 radical (unpaired) electrons. The third-order valence-corrected chi connectivity index (χ3v) is 4.59. The molecule has 0 atom stereocenters. The highest BCUT2D eigenvalue weighted by Crippen LogP contribution is 2.28. The first-order chi connectivity index (χ1) is 11.2. The molecule has 0 aliphatic rings. The van der Waals surface area contributed by atoms with Gasteiger partial charge in [-0.25, -0.2) is 4.98 Å². The fourth-order valence-corrected chi connectivity index (χ4v) is 3.39. The van der Waals surface area contributed by atoms with Gasteiger partial charge >= 0.3 is 0 Å². The van der Waals surface area contributed by atoms with Gasteiger partial charge in [0.25, 0.3) is 5.91 Å². The van der Waals surface area contributed by atoms with Gasteiger partial charge in [-0.1, -0.05) is 53.3 Å². The Hall–Kier alpha value is -2.50. The van der Waals surface area contributed by atoms with Crippen molar-refractivity contribution in [2.75, 3.05) is 5.32 Å². The molecule has 4 aromatic rings. The molecule has 0 fully saturated rings. The standard InChI is InChI=1S/C17H10ClN3OS/c18-14-9-20-17(23-14)21-16(22)13-8-10-4-1-2-5-11(10)12-6-3-7-19-15(12)13/h1-9H,(H,20,21,22). The number of aromatic nitrogens is 2. The lowest BCUT2D eigenvalue weighted by Gasteiger charge is -2.09. The van der Waals surface area contributed by atoms with Crippen LogP contribution in [0.25, 0.3) is 21.7 Å². The number of nitrogens with zero attached hydrogens (tertiary/aromatic N) is 2. The number of halogens is 1. The van der Waals surface area contributed by atoms with E-state index >= 15 is 0 Å². The van der Waals surface area contributed by atoms with Crippen molar-refractivity contribution in [1.29, 1.82) is 0 Å². The van der Waals surface area contributed by atoms with Crippen LogP contribution in [0, 0.1) is 0 Å². The van der Waals surface area contributed by atoms with Crippen LogP contribution >= 0.6 is 22.9 Å². The molecule has 2 heterocycles. The molecule has 0 bridgehead atoms. The first kappa shape index (κ1) is 14.1. The Labute approximate surface area is 140 Å². The van der Waals surface area contributed by atoms with Crippen molar-refractivity contribution in [3.63, 3.8) is 0 Å². The monoisotopic (exact) mass is 339 g/mol. The number of anilines is 1. The zero-order chi connectivity index (χ0) is 15.8. The Bertz CT molecular complexity index is 1040. The van der Waals surface area contributed by atoms with E-state index in [1.807, 2.05) is 42.5 Å². The molecule has 4 rings (SSSR count). The Morgan fingerprint density at radius 2 is 1.91 bits per heavy atom. The van der Waals surface area contributed by atoms with E-state index in [1.165, 1.54) is 17.5 Å². The molecule has 0 aliphatic carbocycles. The molecule has 0 saturated carbocycles. The highest BCUT2D eigenvalue weighted by atomic mass is 35.5. The van der Waals surface area contributed by atoms with Gasteiger partial charge in [-0.05, 0) is 22.9 Å². The molecular formula is C17H10ClN3OS. The summed E-state index contributed by atoms with van der Waals surface area (Å²) in [6.45, 7) is 0. The SMILES string of the molecule is O=C(Nc1ncc(Cl)s1)c1cc2ccccc2c2cccnc12. The second-order valence-corrected chi connectivity index (χ2v) is 6.63. The zero-order valence-corrected chi connectivity index (χ0v) is 13.4. The number of hydrogen-bond donors (Lipinski definition) is 1. The molecule has 6 heteroatoms. The predicted molar refractivity (Wildman–Crippen MR) is 94.3 cm³/mol. The predicted octanol–water partition coefficient (Wildman–Crippen LogP) is 4.75. The zero-order valence-electron chi connectivity index (χ0n) is 11.8. The molecule has 0 aliphatic heterocycles. The Kier molecular flexibility index (Phi) is 3.44. The molecule has 4 nitrogen and oxygen atoms in total. The molecule has 1 amide bonds. The largest absolute Gasteiger partial charge is 0.298 e. The Morgan fingerprint density at radius 1 is 1.09 bits per heavy atom. The molecule has 112 valence electrons. The second kappa shape index (κ2) is 5.61. The number of benzene rings is 2. The molecule has 2 aromatic heterocycles. The van der Waals surface area contributed by atoms with Crippen molar-refractivity contribution >= 4 is 55.7 Å². The molecular weight excluding hydrogens is 330 g/mol. The second-order valence-electron chi connectivity index (χ2n) is 4.97. The lowest BCUT2D eigenvalue weighted by Crippen LogP contribution is -2.12. The molecule has 23 heavy (non-hydrogen) atoms. The van der Waals surface area contributed by atoms with E-state index in [4.69, 9.17) is 11.6 Å². The van der Waals surface area contributed by atoms with Crippen LogP contribution in [0.5, 0.6) is 0 Å². The van der Waals surface area contributed by atoms with Crippen LogP contribution in [0.15, 0.2) is 54.9 Å². The van der Waals surface area contributed by atoms with E-state index in [9.17, 15) is 4.79 Å². The van der Waals surface area contributed by atoms with Crippen LogP contribution in [-0.2, 0) is 0 Å². The van der Waals surface area contributed by atoms with E-state index < -0.39 is 0 Å². The highest BCUT2D eigenvalue weighted by molar-refractivity contribution is 7.19. The summed E-state index contributed by atoms with van der Waals surface area (Å²) in [7, 11) is 0. The number of rotatable bonds is 2. The molecule has 0 unspecified atom stereocenters. The van der Waals surface area contributed by atoms with Gasteiger partial charge in [0, 0.05) is 11.6 Å². The summed E-state index contributed by atoms with van der Waals surface area (Å²) in [4.78, 5) is 21.1. The number of carbonyl (C=O) groups excluding carboxylic acids is 1. The van der Waals surface area contributed by atoms with E-state index in [1.54, 1.807) is 6.20 Å². The maximum atomic E-state index is 12.7. The van der Waals surface area contributed by atoms with Crippen molar-refractivity contribution in [1.82, 2.24) is 9.97 Å². The maximum Gasteiger partial charge on any atom is 0.259 e. The summed E-state index contributed by atoms with van der Waals surface area (Å²) in [5.41, 5.74) is 1.19. The third-order valence-electron chi connectivity index (χ3n) is 3.56. The van der Waals surface area contributed by atoms with E-state index in [2.05, 4.69) is 15.3 Å². The number of hydrogen-bond acceptors (Lipinski definition) is 4. The number of carbonyl (C=O) groups is 1. The van der Waals surface area contributed by atoms with Crippen LogP contribution in [0.4, 0.5) is 5.13 Å². The lowest BCUT2D eigenvalue weighted by molar-refractivity contribution is 0.102. The fraction of sp³-hybridized carbons (Fsp3) is 0. The summed E-state index contributed by atoms with van der Waals surface area (Å²) < 4.78 is 0.529. The normalized spacial score (nSPS) is 11.0. The summed E-state index contributed by atoms with van der Waals surface area (Å²) >= 11 is 7.08. The van der Waals surface area contributed by atoms with Crippen LogP contribution < -0.4 is 5.32 Å². The van der Waals surface area contributed by atoms with Crippen LogP contribution in [-0.4, -0.2) is 15.9 Å². The third kappa shape index (κ3) is 2.54. The summed E-state index contributed by atoms with van der Waals surface area (Å²) in [5.74, 6) is -0.245. The van der Waals surface area contributed by atoms with Gasteiger partial charge in [0.15, 0.2) is 5.13 Å². The topological polar surface area (TPSA) is 54.9 Å². The lowest BCUT2D eigenvalue weighted by atomic mass is 10.0. The van der Waals surface area contributed by atoms with Gasteiger partial charge in [0.1, 0.15) is 4.34 Å². The van der Waals surface area contributed by atoms with Crippen molar-refractivity contribution in [3.8, 4) is 0 Å². The van der Waals surface area contributed by atoms with E-state index in [0.717, 1.165) is 16.2 Å². The number of nitrogens with one attached hydrogen (secondary N) is 1.